The maximum absolute atomic E-state index is 12.5. The van der Waals surface area contributed by atoms with Crippen LogP contribution in [0.4, 0.5) is 0 Å². The number of nitrogens with zero attached hydrogens (tertiary/aromatic N) is 5. The first-order valence-corrected chi connectivity index (χ1v) is 9.96. The molecule has 5 rings (SSSR count). The van der Waals surface area contributed by atoms with Crippen molar-refractivity contribution < 1.29 is 4.79 Å². The lowest BCUT2D eigenvalue weighted by Gasteiger charge is -2.25. The Bertz CT molecular complexity index is 1190. The first kappa shape index (κ1) is 17.9. The number of fused-ring (bicyclic) bond motifs is 2. The lowest BCUT2D eigenvalue weighted by Crippen LogP contribution is -2.25. The summed E-state index contributed by atoms with van der Waals surface area (Å²) in [5.41, 5.74) is 4.72. The van der Waals surface area contributed by atoms with Gasteiger partial charge in [0.1, 0.15) is 5.56 Å². The second-order valence-corrected chi connectivity index (χ2v) is 7.89. The van der Waals surface area contributed by atoms with Gasteiger partial charge in [0.25, 0.3) is 5.91 Å². The predicted octanol–water partition coefficient (Wildman–Crippen LogP) is 3.25. The van der Waals surface area contributed by atoms with Crippen LogP contribution in [0.15, 0.2) is 48.9 Å². The van der Waals surface area contributed by atoms with E-state index >= 15 is 0 Å². The van der Waals surface area contributed by atoms with E-state index in [0.717, 1.165) is 31.6 Å². The Hall–Kier alpha value is -3.19. The molecule has 148 valence electrons. The Kier molecular flexibility index (Phi) is 4.32. The van der Waals surface area contributed by atoms with Gasteiger partial charge < -0.3 is 9.88 Å². The molecular formula is C22H24N6O. The highest BCUT2D eigenvalue weighted by Gasteiger charge is 2.29. The zero-order valence-electron chi connectivity index (χ0n) is 16.7. The van der Waals surface area contributed by atoms with Crippen LogP contribution in [0.2, 0.25) is 0 Å². The number of benzene rings is 1. The molecule has 1 aliphatic rings. The highest BCUT2D eigenvalue weighted by atomic mass is 16.2. The summed E-state index contributed by atoms with van der Waals surface area (Å²) < 4.78 is 1.84. The second kappa shape index (κ2) is 7.00. The van der Waals surface area contributed by atoms with Crippen LogP contribution in [0, 0.1) is 0 Å². The Morgan fingerprint density at radius 3 is 3.03 bits per heavy atom. The van der Waals surface area contributed by atoms with E-state index in [2.05, 4.69) is 44.2 Å². The lowest BCUT2D eigenvalue weighted by atomic mass is 10.1. The van der Waals surface area contributed by atoms with E-state index in [1.54, 1.807) is 31.4 Å². The number of carbonyl (C=O) groups excluding carboxylic acids is 1. The zero-order valence-corrected chi connectivity index (χ0v) is 16.7. The Morgan fingerprint density at radius 1 is 1.28 bits per heavy atom. The van der Waals surface area contributed by atoms with Gasteiger partial charge in [0.2, 0.25) is 0 Å². The number of rotatable bonds is 4. The van der Waals surface area contributed by atoms with Gasteiger partial charge in [0.05, 0.1) is 17.9 Å². The topological polar surface area (TPSA) is 69.5 Å². The third-order valence-electron chi connectivity index (χ3n) is 5.78. The monoisotopic (exact) mass is 388 g/mol. The molecule has 0 spiro atoms. The predicted molar refractivity (Wildman–Crippen MR) is 112 cm³/mol. The third-order valence-corrected chi connectivity index (χ3v) is 5.78. The number of nitrogens with one attached hydrogen (secondary N) is 1. The smallest absolute Gasteiger partial charge is 0.258 e. The van der Waals surface area contributed by atoms with E-state index in [4.69, 9.17) is 0 Å². The maximum Gasteiger partial charge on any atom is 0.258 e. The van der Waals surface area contributed by atoms with E-state index < -0.39 is 0 Å². The van der Waals surface area contributed by atoms with Crippen molar-refractivity contribution in [3.05, 3.63) is 65.7 Å². The van der Waals surface area contributed by atoms with Crippen molar-refractivity contribution in [2.75, 3.05) is 20.6 Å². The second-order valence-electron chi connectivity index (χ2n) is 7.89. The number of likely N-dealkylation sites (tertiary alicyclic amines) is 1. The SMILES string of the molecule is CN(C)C(=O)c1cnn2c([C@H]3CCCN3Cc3ccc4cc[nH]c4c3)ccnc12. The van der Waals surface area contributed by atoms with E-state index in [9.17, 15) is 4.79 Å². The first-order chi connectivity index (χ1) is 14.1. The van der Waals surface area contributed by atoms with Gasteiger partial charge in [-0.05, 0) is 48.5 Å². The molecule has 0 saturated carbocycles. The van der Waals surface area contributed by atoms with Crippen molar-refractivity contribution in [3.8, 4) is 0 Å². The summed E-state index contributed by atoms with van der Waals surface area (Å²) in [5.74, 6) is -0.0767. The van der Waals surface area contributed by atoms with E-state index in [1.807, 2.05) is 16.8 Å². The summed E-state index contributed by atoms with van der Waals surface area (Å²) in [7, 11) is 3.49. The molecule has 1 saturated heterocycles. The van der Waals surface area contributed by atoms with Gasteiger partial charge in [-0.3, -0.25) is 9.69 Å². The molecule has 4 heterocycles. The summed E-state index contributed by atoms with van der Waals surface area (Å²) >= 11 is 0. The molecule has 1 N–H and O–H groups in total. The maximum atomic E-state index is 12.5. The minimum atomic E-state index is -0.0767. The van der Waals surface area contributed by atoms with Gasteiger partial charge in [-0.25, -0.2) is 9.50 Å². The minimum Gasteiger partial charge on any atom is -0.361 e. The molecule has 1 fully saturated rings. The molecule has 7 heteroatoms. The molecule has 0 aliphatic carbocycles. The van der Waals surface area contributed by atoms with Gasteiger partial charge in [-0.15, -0.1) is 0 Å². The molecule has 0 unspecified atom stereocenters. The number of hydrogen-bond donors (Lipinski definition) is 1. The summed E-state index contributed by atoms with van der Waals surface area (Å²) in [5, 5.41) is 5.75. The van der Waals surface area contributed by atoms with Crippen LogP contribution in [0.3, 0.4) is 0 Å². The van der Waals surface area contributed by atoms with Gasteiger partial charge in [-0.2, -0.15) is 5.10 Å². The molecule has 0 bridgehead atoms. The summed E-state index contributed by atoms with van der Waals surface area (Å²) in [6, 6.07) is 11.0. The number of carbonyl (C=O) groups is 1. The highest BCUT2D eigenvalue weighted by molar-refractivity contribution is 5.99. The molecule has 3 aromatic heterocycles. The molecule has 29 heavy (non-hydrogen) atoms. The van der Waals surface area contributed by atoms with Crippen LogP contribution >= 0.6 is 0 Å². The first-order valence-electron chi connectivity index (χ1n) is 9.96. The minimum absolute atomic E-state index is 0.0767. The van der Waals surface area contributed by atoms with Crippen molar-refractivity contribution in [2.45, 2.75) is 25.4 Å². The summed E-state index contributed by atoms with van der Waals surface area (Å²) in [6.45, 7) is 1.93. The zero-order chi connectivity index (χ0) is 20.0. The van der Waals surface area contributed by atoms with Crippen LogP contribution in [0.25, 0.3) is 16.6 Å². The van der Waals surface area contributed by atoms with Crippen molar-refractivity contribution >= 4 is 22.5 Å². The number of H-pyrrole nitrogens is 1. The van der Waals surface area contributed by atoms with Crippen molar-refractivity contribution in [2.24, 2.45) is 0 Å². The number of aromatic amines is 1. The van der Waals surface area contributed by atoms with Gasteiger partial charge >= 0.3 is 0 Å². The van der Waals surface area contributed by atoms with Crippen molar-refractivity contribution in [3.63, 3.8) is 0 Å². The van der Waals surface area contributed by atoms with Gasteiger partial charge in [-0.1, -0.05) is 12.1 Å². The third kappa shape index (κ3) is 3.07. The van der Waals surface area contributed by atoms with Crippen molar-refractivity contribution in [1.82, 2.24) is 29.4 Å². The Labute approximate surface area is 169 Å². The van der Waals surface area contributed by atoms with E-state index in [1.165, 1.54) is 16.5 Å². The molecule has 1 aliphatic heterocycles. The van der Waals surface area contributed by atoms with E-state index in [0.29, 0.717) is 11.2 Å². The molecule has 1 amide bonds. The normalized spacial score (nSPS) is 17.4. The number of aromatic nitrogens is 4. The van der Waals surface area contributed by atoms with Gasteiger partial charge in [0, 0.05) is 38.6 Å². The average molecular weight is 388 g/mol. The van der Waals surface area contributed by atoms with Crippen molar-refractivity contribution in [1.29, 1.82) is 0 Å². The summed E-state index contributed by atoms with van der Waals surface area (Å²) in [6.07, 6.45) is 7.61. The fraction of sp³-hybridized carbons (Fsp3) is 0.318. The molecule has 0 radical (unpaired) electrons. The largest absolute Gasteiger partial charge is 0.361 e. The fourth-order valence-corrected chi connectivity index (χ4v) is 4.33. The van der Waals surface area contributed by atoms with Crippen LogP contribution < -0.4 is 0 Å². The fourth-order valence-electron chi connectivity index (χ4n) is 4.33. The standard InChI is InChI=1S/C22H24N6O/c1-26(2)22(29)17-13-25-28-20(8-10-24-21(17)28)19-4-3-11-27(19)14-15-5-6-16-7-9-23-18(16)12-15/h5-10,12-13,19,23H,3-4,11,14H2,1-2H3/t19-/m1/s1. The van der Waals surface area contributed by atoms with Crippen LogP contribution in [-0.2, 0) is 6.54 Å². The van der Waals surface area contributed by atoms with Crippen LogP contribution in [0.1, 0.15) is 40.5 Å². The summed E-state index contributed by atoms with van der Waals surface area (Å²) in [4.78, 5) is 24.3. The highest BCUT2D eigenvalue weighted by Crippen LogP contribution is 2.33. The van der Waals surface area contributed by atoms with E-state index in [-0.39, 0.29) is 11.9 Å². The lowest BCUT2D eigenvalue weighted by molar-refractivity contribution is 0.0829. The Balaban J connectivity index is 1.47. The Morgan fingerprint density at radius 2 is 2.17 bits per heavy atom. The molecular weight excluding hydrogens is 364 g/mol. The van der Waals surface area contributed by atoms with Gasteiger partial charge in [0.15, 0.2) is 5.65 Å². The van der Waals surface area contributed by atoms with Crippen LogP contribution in [0.5, 0.6) is 0 Å². The molecule has 7 nitrogen and oxygen atoms in total. The average Bonchev–Trinajstić information content (AvgIpc) is 3.46. The molecule has 1 aromatic carbocycles. The number of amides is 1. The van der Waals surface area contributed by atoms with Crippen LogP contribution in [-0.4, -0.2) is 55.9 Å². The molecule has 4 aromatic rings. The quantitative estimate of drug-likeness (QED) is 0.583. The molecule has 1 atom stereocenters. The number of hydrogen-bond acceptors (Lipinski definition) is 4.